The van der Waals surface area contributed by atoms with E-state index in [1.54, 1.807) is 0 Å². The predicted octanol–water partition coefficient (Wildman–Crippen LogP) is 0.569. The Labute approximate surface area is 90.1 Å². The van der Waals surface area contributed by atoms with Gasteiger partial charge in [0.2, 0.25) is 11.2 Å². The van der Waals surface area contributed by atoms with Crippen LogP contribution in [-0.4, -0.2) is 28.5 Å². The van der Waals surface area contributed by atoms with E-state index in [0.717, 1.165) is 6.20 Å². The summed E-state index contributed by atoms with van der Waals surface area (Å²) in [4.78, 5) is 18.1. The molecule has 2 N–H and O–H groups in total. The van der Waals surface area contributed by atoms with Crippen LogP contribution in [-0.2, 0) is 4.79 Å². The minimum atomic E-state index is -0.584. The van der Waals surface area contributed by atoms with Crippen molar-refractivity contribution in [3.8, 4) is 0 Å². The second-order valence-corrected chi connectivity index (χ2v) is 3.52. The standard InChI is InChI=1S/C8H8ClFN4O/c9-8-12-3-5(10)7(14-8)13-4-1-6(15)11-2-4/h3-4H,1-2H2,(H,11,15)(H,12,13,14). The van der Waals surface area contributed by atoms with Gasteiger partial charge in [-0.1, -0.05) is 0 Å². The van der Waals surface area contributed by atoms with E-state index in [1.807, 2.05) is 0 Å². The Balaban J connectivity index is 2.10. The summed E-state index contributed by atoms with van der Waals surface area (Å²) in [6, 6.07) is -0.155. The van der Waals surface area contributed by atoms with Gasteiger partial charge in [0.25, 0.3) is 0 Å². The summed E-state index contributed by atoms with van der Waals surface area (Å²) in [5, 5.41) is 5.38. The van der Waals surface area contributed by atoms with E-state index in [2.05, 4.69) is 20.6 Å². The summed E-state index contributed by atoms with van der Waals surface area (Å²) in [6.45, 7) is 0.458. The number of hydrogen-bond acceptors (Lipinski definition) is 4. The molecule has 2 rings (SSSR count). The lowest BCUT2D eigenvalue weighted by molar-refractivity contribution is -0.119. The maximum atomic E-state index is 13.2. The molecular formula is C8H8ClFN4O. The summed E-state index contributed by atoms with van der Waals surface area (Å²) in [5.41, 5.74) is 0. The molecule has 0 aliphatic carbocycles. The molecule has 1 atom stereocenters. The van der Waals surface area contributed by atoms with Crippen LogP contribution < -0.4 is 10.6 Å². The van der Waals surface area contributed by atoms with Gasteiger partial charge < -0.3 is 10.6 Å². The first-order chi connectivity index (χ1) is 7.15. The molecule has 1 amide bonds. The summed E-state index contributed by atoms with van der Waals surface area (Å²) < 4.78 is 13.2. The van der Waals surface area contributed by atoms with Crippen LogP contribution in [0.25, 0.3) is 0 Å². The molecule has 0 saturated carbocycles. The number of nitrogens with one attached hydrogen (secondary N) is 2. The minimum absolute atomic E-state index is 0.0245. The topological polar surface area (TPSA) is 66.9 Å². The molecule has 7 heteroatoms. The molecule has 15 heavy (non-hydrogen) atoms. The Hall–Kier alpha value is -1.43. The van der Waals surface area contributed by atoms with Crippen molar-refractivity contribution in [1.29, 1.82) is 0 Å². The van der Waals surface area contributed by atoms with Crippen molar-refractivity contribution in [2.24, 2.45) is 0 Å². The number of rotatable bonds is 2. The molecule has 1 aromatic heterocycles. The van der Waals surface area contributed by atoms with Crippen LogP contribution >= 0.6 is 11.6 Å². The normalized spacial score (nSPS) is 20.1. The summed E-state index contributed by atoms with van der Waals surface area (Å²) in [7, 11) is 0. The SMILES string of the molecule is O=C1CC(Nc2nc(Cl)ncc2F)CN1. The first-order valence-corrected chi connectivity index (χ1v) is 4.74. The number of amides is 1. The van der Waals surface area contributed by atoms with Gasteiger partial charge in [0.05, 0.1) is 12.2 Å². The maximum absolute atomic E-state index is 13.2. The fourth-order valence-corrected chi connectivity index (χ4v) is 1.48. The number of carbonyl (C=O) groups is 1. The first-order valence-electron chi connectivity index (χ1n) is 4.36. The van der Waals surface area contributed by atoms with Crippen LogP contribution in [0.5, 0.6) is 0 Å². The highest BCUT2D eigenvalue weighted by Gasteiger charge is 2.22. The second kappa shape index (κ2) is 3.98. The molecule has 0 radical (unpaired) electrons. The van der Waals surface area contributed by atoms with Gasteiger partial charge in [0.1, 0.15) is 0 Å². The summed E-state index contributed by atoms with van der Waals surface area (Å²) in [5.74, 6) is -0.622. The molecule has 0 bridgehead atoms. The molecule has 2 heterocycles. The lowest BCUT2D eigenvalue weighted by Gasteiger charge is -2.11. The Morgan fingerprint density at radius 2 is 2.47 bits per heavy atom. The molecule has 1 aromatic rings. The van der Waals surface area contributed by atoms with Gasteiger partial charge >= 0.3 is 0 Å². The lowest BCUT2D eigenvalue weighted by Crippen LogP contribution is -2.23. The third-order valence-electron chi connectivity index (χ3n) is 2.03. The number of carbonyl (C=O) groups excluding carboxylic acids is 1. The van der Waals surface area contributed by atoms with Crippen LogP contribution in [0.15, 0.2) is 6.20 Å². The predicted molar refractivity (Wildman–Crippen MR) is 52.0 cm³/mol. The van der Waals surface area contributed by atoms with Gasteiger partial charge in [0, 0.05) is 13.0 Å². The summed E-state index contributed by atoms with van der Waals surface area (Å²) in [6.07, 6.45) is 1.29. The minimum Gasteiger partial charge on any atom is -0.362 e. The van der Waals surface area contributed by atoms with Gasteiger partial charge in [-0.25, -0.2) is 9.37 Å². The average Bonchev–Trinajstić information content (AvgIpc) is 2.58. The molecule has 0 aromatic carbocycles. The number of hydrogen-bond donors (Lipinski definition) is 2. The highest BCUT2D eigenvalue weighted by atomic mass is 35.5. The molecule has 1 aliphatic rings. The van der Waals surface area contributed by atoms with Crippen LogP contribution in [0.3, 0.4) is 0 Å². The highest BCUT2D eigenvalue weighted by molar-refractivity contribution is 6.28. The van der Waals surface area contributed by atoms with Gasteiger partial charge in [-0.15, -0.1) is 0 Å². The number of nitrogens with zero attached hydrogens (tertiary/aromatic N) is 2. The van der Waals surface area contributed by atoms with E-state index in [9.17, 15) is 9.18 Å². The number of halogens is 2. The molecule has 1 unspecified atom stereocenters. The quantitative estimate of drug-likeness (QED) is 0.729. The number of aromatic nitrogens is 2. The van der Waals surface area contributed by atoms with E-state index in [0.29, 0.717) is 13.0 Å². The Kier molecular flexibility index (Phi) is 2.68. The fraction of sp³-hybridized carbons (Fsp3) is 0.375. The van der Waals surface area contributed by atoms with Crippen LogP contribution in [0.2, 0.25) is 5.28 Å². The van der Waals surface area contributed by atoms with E-state index >= 15 is 0 Å². The van der Waals surface area contributed by atoms with Crippen LogP contribution in [0.4, 0.5) is 10.2 Å². The van der Waals surface area contributed by atoms with Crippen molar-refractivity contribution in [2.75, 3.05) is 11.9 Å². The molecule has 1 aliphatic heterocycles. The highest BCUT2D eigenvalue weighted by Crippen LogP contribution is 2.15. The Morgan fingerprint density at radius 3 is 3.13 bits per heavy atom. The van der Waals surface area contributed by atoms with Crippen molar-refractivity contribution in [1.82, 2.24) is 15.3 Å². The largest absolute Gasteiger partial charge is 0.362 e. The lowest BCUT2D eigenvalue weighted by atomic mass is 10.2. The van der Waals surface area contributed by atoms with Crippen molar-refractivity contribution in [3.05, 3.63) is 17.3 Å². The van der Waals surface area contributed by atoms with Crippen molar-refractivity contribution in [2.45, 2.75) is 12.5 Å². The summed E-state index contributed by atoms with van der Waals surface area (Å²) >= 11 is 5.52. The fourth-order valence-electron chi connectivity index (χ4n) is 1.35. The Bertz CT molecular complexity index is 400. The number of anilines is 1. The van der Waals surface area contributed by atoms with Gasteiger partial charge in [0.15, 0.2) is 11.6 Å². The van der Waals surface area contributed by atoms with Crippen molar-refractivity contribution < 1.29 is 9.18 Å². The zero-order valence-corrected chi connectivity index (χ0v) is 8.38. The van der Waals surface area contributed by atoms with Gasteiger partial charge in [-0.2, -0.15) is 4.98 Å². The van der Waals surface area contributed by atoms with E-state index in [-0.39, 0.29) is 23.1 Å². The van der Waals surface area contributed by atoms with Crippen LogP contribution in [0.1, 0.15) is 6.42 Å². The third-order valence-corrected chi connectivity index (χ3v) is 2.22. The molecule has 1 fully saturated rings. The first kappa shape index (κ1) is 10.1. The average molecular weight is 231 g/mol. The molecule has 80 valence electrons. The molecule has 5 nitrogen and oxygen atoms in total. The van der Waals surface area contributed by atoms with E-state index < -0.39 is 5.82 Å². The van der Waals surface area contributed by atoms with Crippen LogP contribution in [0, 0.1) is 5.82 Å². The van der Waals surface area contributed by atoms with Gasteiger partial charge in [-0.05, 0) is 11.6 Å². The molecule has 1 saturated heterocycles. The maximum Gasteiger partial charge on any atom is 0.224 e. The third kappa shape index (κ3) is 2.33. The van der Waals surface area contributed by atoms with Crippen molar-refractivity contribution in [3.63, 3.8) is 0 Å². The Morgan fingerprint density at radius 1 is 1.67 bits per heavy atom. The zero-order valence-electron chi connectivity index (χ0n) is 7.63. The van der Waals surface area contributed by atoms with Crippen molar-refractivity contribution >= 4 is 23.3 Å². The second-order valence-electron chi connectivity index (χ2n) is 3.19. The molecular weight excluding hydrogens is 223 g/mol. The zero-order chi connectivity index (χ0) is 10.8. The monoisotopic (exact) mass is 230 g/mol. The van der Waals surface area contributed by atoms with E-state index in [4.69, 9.17) is 11.6 Å². The smallest absolute Gasteiger partial charge is 0.224 e. The van der Waals surface area contributed by atoms with Gasteiger partial charge in [-0.3, -0.25) is 4.79 Å². The van der Waals surface area contributed by atoms with E-state index in [1.165, 1.54) is 0 Å². The molecule has 0 spiro atoms.